The molecule has 1 atom stereocenters. The van der Waals surface area contributed by atoms with E-state index in [9.17, 15) is 4.79 Å². The molecule has 0 saturated carbocycles. The molecule has 0 aliphatic carbocycles. The van der Waals surface area contributed by atoms with E-state index in [1.54, 1.807) is 7.11 Å². The Kier molecular flexibility index (Phi) is 4.46. The number of ether oxygens (including phenoxy) is 2. The third-order valence-corrected chi connectivity index (χ3v) is 6.08. The summed E-state index contributed by atoms with van der Waals surface area (Å²) >= 11 is 1.53. The van der Waals surface area contributed by atoms with Crippen LogP contribution < -0.4 is 4.74 Å². The first-order valence-corrected chi connectivity index (χ1v) is 9.42. The van der Waals surface area contributed by atoms with Crippen LogP contribution in [0.3, 0.4) is 0 Å². The molecule has 5 nitrogen and oxygen atoms in total. The van der Waals surface area contributed by atoms with Crippen molar-refractivity contribution in [3.05, 3.63) is 52.3 Å². The van der Waals surface area contributed by atoms with E-state index in [0.29, 0.717) is 19.8 Å². The van der Waals surface area contributed by atoms with Crippen LogP contribution in [0.2, 0.25) is 0 Å². The fourth-order valence-corrected chi connectivity index (χ4v) is 4.52. The molecular weight excluding hydrogens is 350 g/mol. The summed E-state index contributed by atoms with van der Waals surface area (Å²) in [5.41, 5.74) is 0.995. The van der Waals surface area contributed by atoms with E-state index in [0.717, 1.165) is 37.8 Å². The van der Waals surface area contributed by atoms with Gasteiger partial charge < -0.3 is 18.8 Å². The molecule has 1 aromatic carbocycles. The fraction of sp³-hybridized carbons (Fsp3) is 0.350. The van der Waals surface area contributed by atoms with Crippen LogP contribution in [-0.4, -0.2) is 37.7 Å². The lowest BCUT2D eigenvalue weighted by Crippen LogP contribution is -2.43. The van der Waals surface area contributed by atoms with E-state index < -0.39 is 0 Å². The summed E-state index contributed by atoms with van der Waals surface area (Å²) in [5.74, 6) is 2.44. The van der Waals surface area contributed by atoms with Crippen molar-refractivity contribution < 1.29 is 18.7 Å². The number of methoxy groups -OCH3 is 1. The highest BCUT2D eigenvalue weighted by Crippen LogP contribution is 2.36. The van der Waals surface area contributed by atoms with Crippen LogP contribution in [0.15, 0.2) is 34.7 Å². The number of thiophene rings is 1. The highest BCUT2D eigenvalue weighted by atomic mass is 32.1. The summed E-state index contributed by atoms with van der Waals surface area (Å²) < 4.78 is 17.8. The van der Waals surface area contributed by atoms with Gasteiger partial charge in [-0.1, -0.05) is 0 Å². The number of benzene rings is 1. The van der Waals surface area contributed by atoms with Gasteiger partial charge >= 0.3 is 0 Å². The molecule has 6 heteroatoms. The minimum absolute atomic E-state index is 0.0324. The highest BCUT2D eigenvalue weighted by Gasteiger charge is 2.33. The topological polar surface area (TPSA) is 51.9 Å². The van der Waals surface area contributed by atoms with Crippen molar-refractivity contribution in [3.63, 3.8) is 0 Å². The van der Waals surface area contributed by atoms with E-state index in [1.165, 1.54) is 11.3 Å². The van der Waals surface area contributed by atoms with E-state index in [4.69, 9.17) is 13.9 Å². The SMILES string of the molecule is COc1ccc2sc(C(=O)N3CCOCC3c3ccc(C)o3)c(C)c2c1. The number of rotatable bonds is 3. The zero-order valence-corrected chi connectivity index (χ0v) is 15.9. The average molecular weight is 371 g/mol. The van der Waals surface area contributed by atoms with E-state index in [1.807, 2.05) is 49.1 Å². The molecule has 3 heterocycles. The van der Waals surface area contributed by atoms with E-state index in [2.05, 4.69) is 0 Å². The van der Waals surface area contributed by atoms with Crippen molar-refractivity contribution in [1.82, 2.24) is 4.90 Å². The Hall–Kier alpha value is -2.31. The first kappa shape index (κ1) is 17.1. The average Bonchev–Trinajstić information content (AvgIpc) is 3.24. The summed E-state index contributed by atoms with van der Waals surface area (Å²) in [4.78, 5) is 16.0. The van der Waals surface area contributed by atoms with Crippen molar-refractivity contribution >= 4 is 27.3 Å². The highest BCUT2D eigenvalue weighted by molar-refractivity contribution is 7.21. The van der Waals surface area contributed by atoms with E-state index in [-0.39, 0.29) is 11.9 Å². The van der Waals surface area contributed by atoms with Gasteiger partial charge in [-0.2, -0.15) is 0 Å². The van der Waals surface area contributed by atoms with Crippen LogP contribution in [-0.2, 0) is 4.74 Å². The van der Waals surface area contributed by atoms with Gasteiger partial charge in [-0.25, -0.2) is 0 Å². The summed E-state index contributed by atoms with van der Waals surface area (Å²) in [7, 11) is 1.65. The van der Waals surface area contributed by atoms with Crippen molar-refractivity contribution in [2.75, 3.05) is 26.9 Å². The second-order valence-corrected chi connectivity index (χ2v) is 7.51. The maximum absolute atomic E-state index is 13.3. The first-order valence-electron chi connectivity index (χ1n) is 8.60. The Morgan fingerprint density at radius 2 is 2.12 bits per heavy atom. The molecule has 1 aliphatic rings. The lowest BCUT2D eigenvalue weighted by molar-refractivity contribution is -0.00872. The first-order chi connectivity index (χ1) is 12.6. The summed E-state index contributed by atoms with van der Waals surface area (Å²) in [5, 5.41) is 1.07. The predicted octanol–water partition coefficient (Wildman–Crippen LogP) is 4.33. The Balaban J connectivity index is 1.71. The number of carbonyl (C=O) groups excluding carboxylic acids is 1. The number of carbonyl (C=O) groups is 1. The van der Waals surface area contributed by atoms with Gasteiger partial charge in [-0.15, -0.1) is 11.3 Å². The van der Waals surface area contributed by atoms with Crippen LogP contribution in [0, 0.1) is 13.8 Å². The van der Waals surface area contributed by atoms with Crippen LogP contribution >= 0.6 is 11.3 Å². The van der Waals surface area contributed by atoms with Crippen molar-refractivity contribution in [2.24, 2.45) is 0 Å². The van der Waals surface area contributed by atoms with Gasteiger partial charge in [0.1, 0.15) is 23.3 Å². The number of hydrogen-bond acceptors (Lipinski definition) is 5. The van der Waals surface area contributed by atoms with Crippen LogP contribution in [0.4, 0.5) is 0 Å². The van der Waals surface area contributed by atoms with Gasteiger partial charge in [0.2, 0.25) is 0 Å². The number of nitrogens with zero attached hydrogens (tertiary/aromatic N) is 1. The van der Waals surface area contributed by atoms with Crippen LogP contribution in [0.1, 0.15) is 32.8 Å². The second kappa shape index (κ2) is 6.78. The van der Waals surface area contributed by atoms with Crippen LogP contribution in [0.5, 0.6) is 5.75 Å². The standard InChI is InChI=1S/C20H21NO4S/c1-12-4-6-17(25-12)16-11-24-9-8-21(16)20(22)19-13(2)15-10-14(23-3)5-7-18(15)26-19/h4-7,10,16H,8-9,11H2,1-3H3. The molecule has 0 spiro atoms. The Labute approximate surface area is 156 Å². The Morgan fingerprint density at radius 3 is 2.85 bits per heavy atom. The van der Waals surface area contributed by atoms with E-state index >= 15 is 0 Å². The van der Waals surface area contributed by atoms with Crippen molar-refractivity contribution in [1.29, 1.82) is 0 Å². The minimum atomic E-state index is -0.191. The summed E-state index contributed by atoms with van der Waals surface area (Å²) in [6.07, 6.45) is 0. The number of aryl methyl sites for hydroxylation is 2. The molecule has 3 aromatic rings. The molecule has 4 rings (SSSR count). The summed E-state index contributed by atoms with van der Waals surface area (Å²) in [6.45, 7) is 5.46. The molecule has 26 heavy (non-hydrogen) atoms. The molecule has 1 unspecified atom stereocenters. The minimum Gasteiger partial charge on any atom is -0.497 e. The monoisotopic (exact) mass is 371 g/mol. The second-order valence-electron chi connectivity index (χ2n) is 6.46. The maximum Gasteiger partial charge on any atom is 0.265 e. The van der Waals surface area contributed by atoms with Gasteiger partial charge in [0, 0.05) is 11.2 Å². The number of hydrogen-bond donors (Lipinski definition) is 0. The molecular formula is C20H21NO4S. The number of furan rings is 1. The normalized spacial score (nSPS) is 17.7. The Morgan fingerprint density at radius 1 is 1.27 bits per heavy atom. The predicted molar refractivity (Wildman–Crippen MR) is 101 cm³/mol. The number of fused-ring (bicyclic) bond motifs is 1. The van der Waals surface area contributed by atoms with Crippen molar-refractivity contribution in [2.45, 2.75) is 19.9 Å². The third-order valence-electron chi connectivity index (χ3n) is 4.82. The maximum atomic E-state index is 13.3. The largest absolute Gasteiger partial charge is 0.497 e. The van der Waals surface area contributed by atoms with Gasteiger partial charge in [0.25, 0.3) is 5.91 Å². The zero-order valence-electron chi connectivity index (χ0n) is 15.1. The molecule has 2 aromatic heterocycles. The summed E-state index contributed by atoms with van der Waals surface area (Å²) in [6, 6.07) is 9.58. The van der Waals surface area contributed by atoms with Gasteiger partial charge in [-0.05, 0) is 55.1 Å². The number of amides is 1. The lowest BCUT2D eigenvalue weighted by atomic mass is 10.1. The molecule has 0 N–H and O–H groups in total. The number of morpholine rings is 1. The van der Waals surface area contributed by atoms with Gasteiger partial charge in [0.15, 0.2) is 0 Å². The van der Waals surface area contributed by atoms with Crippen LogP contribution in [0.25, 0.3) is 10.1 Å². The molecule has 1 aliphatic heterocycles. The van der Waals surface area contributed by atoms with Gasteiger partial charge in [-0.3, -0.25) is 4.79 Å². The fourth-order valence-electron chi connectivity index (χ4n) is 3.38. The zero-order chi connectivity index (χ0) is 18.3. The molecule has 1 fully saturated rings. The lowest BCUT2D eigenvalue weighted by Gasteiger charge is -2.34. The molecule has 1 saturated heterocycles. The smallest absolute Gasteiger partial charge is 0.265 e. The van der Waals surface area contributed by atoms with Gasteiger partial charge in [0.05, 0.1) is 25.2 Å². The molecule has 0 bridgehead atoms. The Bertz CT molecular complexity index is 958. The molecule has 0 radical (unpaired) electrons. The quantitative estimate of drug-likeness (QED) is 0.687. The third kappa shape index (κ3) is 2.89. The molecule has 136 valence electrons. The van der Waals surface area contributed by atoms with Crippen molar-refractivity contribution in [3.8, 4) is 5.75 Å². The molecule has 1 amide bonds.